The molecular formula is C19H21NO4. The van der Waals surface area contributed by atoms with Crippen LogP contribution in [0.25, 0.3) is 0 Å². The van der Waals surface area contributed by atoms with E-state index in [1.54, 1.807) is 7.11 Å². The van der Waals surface area contributed by atoms with E-state index < -0.39 is 0 Å². The first-order valence-corrected chi connectivity index (χ1v) is 7.98. The second-order valence-electron chi connectivity index (χ2n) is 5.79. The molecule has 0 saturated carbocycles. The number of amides is 1. The Balaban J connectivity index is 1.54. The van der Waals surface area contributed by atoms with Crippen molar-refractivity contribution in [2.75, 3.05) is 19.0 Å². The SMILES string of the molecule is COc1ccc(C)cc1NC(=O)CC[C@H]1COc2ccccc2O1. The van der Waals surface area contributed by atoms with Crippen LogP contribution < -0.4 is 19.5 Å². The second kappa shape index (κ2) is 7.25. The largest absolute Gasteiger partial charge is 0.495 e. The molecular weight excluding hydrogens is 306 g/mol. The van der Waals surface area contributed by atoms with Crippen LogP contribution in [0.1, 0.15) is 18.4 Å². The number of methoxy groups -OCH3 is 1. The molecule has 0 fully saturated rings. The summed E-state index contributed by atoms with van der Waals surface area (Å²) in [6, 6.07) is 13.3. The Bertz CT molecular complexity index is 729. The number of aryl methyl sites for hydroxylation is 1. The first-order chi connectivity index (χ1) is 11.7. The molecule has 1 N–H and O–H groups in total. The van der Waals surface area contributed by atoms with Gasteiger partial charge in [0.2, 0.25) is 5.91 Å². The first-order valence-electron chi connectivity index (χ1n) is 7.98. The fourth-order valence-corrected chi connectivity index (χ4v) is 2.63. The van der Waals surface area contributed by atoms with E-state index >= 15 is 0 Å². The average Bonchev–Trinajstić information content (AvgIpc) is 2.60. The van der Waals surface area contributed by atoms with Gasteiger partial charge in [-0.25, -0.2) is 0 Å². The molecule has 1 aliphatic rings. The highest BCUT2D eigenvalue weighted by atomic mass is 16.6. The molecule has 0 spiro atoms. The molecule has 0 unspecified atom stereocenters. The minimum absolute atomic E-state index is 0.0682. The predicted octanol–water partition coefficient (Wildman–Crippen LogP) is 3.56. The summed E-state index contributed by atoms with van der Waals surface area (Å²) in [5, 5.41) is 2.90. The van der Waals surface area contributed by atoms with Crippen LogP contribution in [-0.4, -0.2) is 25.7 Å². The molecule has 1 aliphatic heterocycles. The molecule has 0 aliphatic carbocycles. The van der Waals surface area contributed by atoms with Crippen molar-refractivity contribution in [2.45, 2.75) is 25.9 Å². The summed E-state index contributed by atoms with van der Waals surface area (Å²) in [7, 11) is 1.59. The monoisotopic (exact) mass is 327 g/mol. The number of anilines is 1. The summed E-state index contributed by atoms with van der Waals surface area (Å²) in [6.45, 7) is 2.43. The third kappa shape index (κ3) is 3.79. The van der Waals surface area contributed by atoms with Gasteiger partial charge in [0.05, 0.1) is 12.8 Å². The second-order valence-corrected chi connectivity index (χ2v) is 5.79. The van der Waals surface area contributed by atoms with E-state index in [9.17, 15) is 4.79 Å². The summed E-state index contributed by atoms with van der Waals surface area (Å²) < 4.78 is 16.8. The maximum absolute atomic E-state index is 12.2. The van der Waals surface area contributed by atoms with Crippen molar-refractivity contribution in [3.8, 4) is 17.2 Å². The Morgan fingerprint density at radius 3 is 2.83 bits per heavy atom. The van der Waals surface area contributed by atoms with Gasteiger partial charge in [-0.2, -0.15) is 0 Å². The number of carbonyl (C=O) groups excluding carboxylic acids is 1. The summed E-state index contributed by atoms with van der Waals surface area (Å²) in [5.74, 6) is 2.07. The van der Waals surface area contributed by atoms with E-state index in [1.165, 1.54) is 0 Å². The molecule has 0 saturated heterocycles. The van der Waals surface area contributed by atoms with Crippen LogP contribution in [-0.2, 0) is 4.79 Å². The quantitative estimate of drug-likeness (QED) is 0.912. The van der Waals surface area contributed by atoms with E-state index in [4.69, 9.17) is 14.2 Å². The summed E-state index contributed by atoms with van der Waals surface area (Å²) in [5.41, 5.74) is 1.75. The van der Waals surface area contributed by atoms with Gasteiger partial charge in [-0.05, 0) is 43.2 Å². The molecule has 1 atom stereocenters. The molecule has 2 aromatic carbocycles. The van der Waals surface area contributed by atoms with Gasteiger partial charge in [0.15, 0.2) is 11.5 Å². The van der Waals surface area contributed by atoms with Crippen molar-refractivity contribution in [1.82, 2.24) is 0 Å². The number of carbonyl (C=O) groups is 1. The Labute approximate surface area is 141 Å². The lowest BCUT2D eigenvalue weighted by molar-refractivity contribution is -0.116. The standard InChI is InChI=1S/C19H21NO4/c1-13-7-9-16(22-2)15(11-13)20-19(21)10-8-14-12-23-17-5-3-4-6-18(17)24-14/h3-7,9,11,14H,8,10,12H2,1-2H3,(H,20,21)/t14-/m0/s1. The lowest BCUT2D eigenvalue weighted by Gasteiger charge is -2.26. The molecule has 3 rings (SSSR count). The highest BCUT2D eigenvalue weighted by Crippen LogP contribution is 2.32. The number of nitrogens with one attached hydrogen (secondary N) is 1. The molecule has 126 valence electrons. The highest BCUT2D eigenvalue weighted by molar-refractivity contribution is 5.92. The van der Waals surface area contributed by atoms with Gasteiger partial charge in [-0.1, -0.05) is 18.2 Å². The molecule has 1 heterocycles. The number of para-hydroxylation sites is 2. The molecule has 5 heteroatoms. The van der Waals surface area contributed by atoms with E-state index in [2.05, 4.69) is 5.32 Å². The summed E-state index contributed by atoms with van der Waals surface area (Å²) in [4.78, 5) is 12.2. The predicted molar refractivity (Wildman–Crippen MR) is 91.9 cm³/mol. The Morgan fingerprint density at radius 1 is 1.25 bits per heavy atom. The van der Waals surface area contributed by atoms with E-state index in [-0.39, 0.29) is 12.0 Å². The van der Waals surface area contributed by atoms with Gasteiger partial charge in [0.1, 0.15) is 18.5 Å². The minimum atomic E-state index is -0.120. The van der Waals surface area contributed by atoms with Crippen LogP contribution in [0.4, 0.5) is 5.69 Å². The normalized spacial score (nSPS) is 15.7. The van der Waals surface area contributed by atoms with Gasteiger partial charge in [-0.3, -0.25) is 4.79 Å². The van der Waals surface area contributed by atoms with Crippen LogP contribution in [0.2, 0.25) is 0 Å². The summed E-state index contributed by atoms with van der Waals surface area (Å²) in [6.07, 6.45) is 0.826. The molecule has 24 heavy (non-hydrogen) atoms. The zero-order chi connectivity index (χ0) is 16.9. The topological polar surface area (TPSA) is 56.8 Å². The van der Waals surface area contributed by atoms with Crippen molar-refractivity contribution < 1.29 is 19.0 Å². The third-order valence-corrected chi connectivity index (χ3v) is 3.89. The minimum Gasteiger partial charge on any atom is -0.495 e. The van der Waals surface area contributed by atoms with Crippen molar-refractivity contribution in [3.05, 3.63) is 48.0 Å². The Hall–Kier alpha value is -2.69. The highest BCUT2D eigenvalue weighted by Gasteiger charge is 2.21. The van der Waals surface area contributed by atoms with Gasteiger partial charge in [0.25, 0.3) is 0 Å². The van der Waals surface area contributed by atoms with Gasteiger partial charge < -0.3 is 19.5 Å². The van der Waals surface area contributed by atoms with Crippen LogP contribution in [0.5, 0.6) is 17.2 Å². The fraction of sp³-hybridized carbons (Fsp3) is 0.316. The van der Waals surface area contributed by atoms with Crippen LogP contribution in [0.15, 0.2) is 42.5 Å². The van der Waals surface area contributed by atoms with E-state index in [1.807, 2.05) is 49.4 Å². The summed E-state index contributed by atoms with van der Waals surface area (Å²) >= 11 is 0. The first kappa shape index (κ1) is 16.2. The molecule has 5 nitrogen and oxygen atoms in total. The van der Waals surface area contributed by atoms with E-state index in [0.29, 0.717) is 30.9 Å². The van der Waals surface area contributed by atoms with Crippen LogP contribution >= 0.6 is 0 Å². The third-order valence-electron chi connectivity index (χ3n) is 3.89. The number of hydrogen-bond donors (Lipinski definition) is 1. The Morgan fingerprint density at radius 2 is 2.04 bits per heavy atom. The zero-order valence-corrected chi connectivity index (χ0v) is 13.9. The molecule has 0 aromatic heterocycles. The lowest BCUT2D eigenvalue weighted by atomic mass is 10.1. The number of rotatable bonds is 5. The molecule has 0 bridgehead atoms. The van der Waals surface area contributed by atoms with E-state index in [0.717, 1.165) is 17.1 Å². The van der Waals surface area contributed by atoms with Gasteiger partial charge >= 0.3 is 0 Å². The smallest absolute Gasteiger partial charge is 0.224 e. The molecule has 1 amide bonds. The Kier molecular flexibility index (Phi) is 4.89. The molecule has 0 radical (unpaired) electrons. The number of fused-ring (bicyclic) bond motifs is 1. The van der Waals surface area contributed by atoms with Crippen molar-refractivity contribution in [1.29, 1.82) is 0 Å². The maximum Gasteiger partial charge on any atom is 0.224 e. The lowest BCUT2D eigenvalue weighted by Crippen LogP contribution is -2.30. The number of hydrogen-bond acceptors (Lipinski definition) is 4. The number of ether oxygens (including phenoxy) is 3. The van der Waals surface area contributed by atoms with Crippen molar-refractivity contribution >= 4 is 11.6 Å². The van der Waals surface area contributed by atoms with Crippen molar-refractivity contribution in [2.24, 2.45) is 0 Å². The molecule has 2 aromatic rings. The fourth-order valence-electron chi connectivity index (χ4n) is 2.63. The van der Waals surface area contributed by atoms with Gasteiger partial charge in [-0.15, -0.1) is 0 Å². The van der Waals surface area contributed by atoms with Crippen LogP contribution in [0, 0.1) is 6.92 Å². The van der Waals surface area contributed by atoms with Gasteiger partial charge in [0, 0.05) is 6.42 Å². The average molecular weight is 327 g/mol. The van der Waals surface area contributed by atoms with Crippen LogP contribution in [0.3, 0.4) is 0 Å². The van der Waals surface area contributed by atoms with Crippen molar-refractivity contribution in [3.63, 3.8) is 0 Å². The maximum atomic E-state index is 12.2. The zero-order valence-electron chi connectivity index (χ0n) is 13.9. The number of benzene rings is 2.